The lowest BCUT2D eigenvalue weighted by atomic mass is 9.99. The van der Waals surface area contributed by atoms with Crippen LogP contribution in [0.3, 0.4) is 0 Å². The van der Waals surface area contributed by atoms with E-state index < -0.39 is 0 Å². The van der Waals surface area contributed by atoms with Crippen molar-refractivity contribution in [2.75, 3.05) is 13.6 Å². The first kappa shape index (κ1) is 14.0. The van der Waals surface area contributed by atoms with E-state index in [0.29, 0.717) is 6.04 Å². The van der Waals surface area contributed by atoms with Crippen molar-refractivity contribution < 1.29 is 0 Å². The standard InChI is InChI=1S/C14H30N2/c1-12(2)10-14(11-15)16(3)13-8-6-4-5-7-9-13/h12-14H,4-11,15H2,1-3H3. The summed E-state index contributed by atoms with van der Waals surface area (Å²) < 4.78 is 0. The van der Waals surface area contributed by atoms with Gasteiger partial charge in [0.25, 0.3) is 0 Å². The molecular weight excluding hydrogens is 196 g/mol. The minimum atomic E-state index is 0.586. The van der Waals surface area contributed by atoms with E-state index >= 15 is 0 Å². The zero-order chi connectivity index (χ0) is 12.0. The molecule has 0 bridgehead atoms. The van der Waals surface area contributed by atoms with Gasteiger partial charge in [0, 0.05) is 18.6 Å². The van der Waals surface area contributed by atoms with Gasteiger partial charge in [-0.05, 0) is 32.2 Å². The number of likely N-dealkylation sites (N-methyl/N-ethyl adjacent to an activating group) is 1. The van der Waals surface area contributed by atoms with E-state index in [0.717, 1.165) is 18.5 Å². The minimum Gasteiger partial charge on any atom is -0.329 e. The summed E-state index contributed by atoms with van der Waals surface area (Å²) in [5, 5.41) is 0. The van der Waals surface area contributed by atoms with E-state index in [1.807, 2.05) is 0 Å². The van der Waals surface area contributed by atoms with Crippen LogP contribution in [0.2, 0.25) is 0 Å². The van der Waals surface area contributed by atoms with Crippen molar-refractivity contribution in [1.82, 2.24) is 4.90 Å². The molecule has 2 N–H and O–H groups in total. The van der Waals surface area contributed by atoms with Crippen LogP contribution < -0.4 is 5.73 Å². The van der Waals surface area contributed by atoms with Crippen LogP contribution in [0.15, 0.2) is 0 Å². The first-order chi connectivity index (χ1) is 7.65. The molecule has 16 heavy (non-hydrogen) atoms. The van der Waals surface area contributed by atoms with Crippen LogP contribution in [0, 0.1) is 5.92 Å². The molecule has 0 amide bonds. The predicted octanol–water partition coefficient (Wildman–Crippen LogP) is 3.01. The Labute approximate surface area is 102 Å². The van der Waals surface area contributed by atoms with Crippen LogP contribution in [0.1, 0.15) is 58.8 Å². The first-order valence-corrected chi connectivity index (χ1v) is 7.07. The van der Waals surface area contributed by atoms with E-state index in [1.54, 1.807) is 0 Å². The lowest BCUT2D eigenvalue weighted by Gasteiger charge is -2.35. The van der Waals surface area contributed by atoms with Crippen LogP contribution in [0.5, 0.6) is 0 Å². The second-order valence-corrected chi connectivity index (χ2v) is 5.83. The maximum absolute atomic E-state index is 5.93. The van der Waals surface area contributed by atoms with E-state index in [1.165, 1.54) is 44.9 Å². The quantitative estimate of drug-likeness (QED) is 0.730. The molecule has 0 heterocycles. The fraction of sp³-hybridized carbons (Fsp3) is 1.00. The number of rotatable bonds is 5. The second-order valence-electron chi connectivity index (χ2n) is 5.83. The van der Waals surface area contributed by atoms with Crippen molar-refractivity contribution in [3.05, 3.63) is 0 Å². The number of nitrogens with zero attached hydrogens (tertiary/aromatic N) is 1. The molecule has 1 aliphatic rings. The van der Waals surface area contributed by atoms with Crippen LogP contribution in [-0.4, -0.2) is 30.6 Å². The van der Waals surface area contributed by atoms with E-state index in [-0.39, 0.29) is 0 Å². The summed E-state index contributed by atoms with van der Waals surface area (Å²) in [6.07, 6.45) is 9.69. The fourth-order valence-corrected chi connectivity index (χ4v) is 2.94. The van der Waals surface area contributed by atoms with Gasteiger partial charge in [-0.25, -0.2) is 0 Å². The summed E-state index contributed by atoms with van der Waals surface area (Å²) in [7, 11) is 2.29. The van der Waals surface area contributed by atoms with Gasteiger partial charge in [0.05, 0.1) is 0 Å². The van der Waals surface area contributed by atoms with Gasteiger partial charge < -0.3 is 5.73 Å². The van der Waals surface area contributed by atoms with Gasteiger partial charge in [-0.3, -0.25) is 4.90 Å². The third-order valence-corrected chi connectivity index (χ3v) is 3.99. The Bertz CT molecular complexity index is 170. The maximum atomic E-state index is 5.93. The molecular formula is C14H30N2. The molecule has 1 aliphatic carbocycles. The fourth-order valence-electron chi connectivity index (χ4n) is 2.94. The summed E-state index contributed by atoms with van der Waals surface area (Å²) in [6.45, 7) is 5.40. The Kier molecular flexibility index (Phi) is 6.37. The van der Waals surface area contributed by atoms with Gasteiger partial charge in [0.2, 0.25) is 0 Å². The predicted molar refractivity (Wildman–Crippen MR) is 71.6 cm³/mol. The molecule has 0 spiro atoms. The number of hydrogen-bond donors (Lipinski definition) is 1. The first-order valence-electron chi connectivity index (χ1n) is 7.07. The molecule has 0 radical (unpaired) electrons. The summed E-state index contributed by atoms with van der Waals surface area (Å²) in [5.74, 6) is 0.752. The highest BCUT2D eigenvalue weighted by molar-refractivity contribution is 4.79. The van der Waals surface area contributed by atoms with Crippen molar-refractivity contribution in [1.29, 1.82) is 0 Å². The molecule has 0 aromatic carbocycles. The molecule has 1 fully saturated rings. The molecule has 1 rings (SSSR count). The highest BCUT2D eigenvalue weighted by Crippen LogP contribution is 2.23. The second kappa shape index (κ2) is 7.29. The number of nitrogens with two attached hydrogens (primary N) is 1. The highest BCUT2D eigenvalue weighted by Gasteiger charge is 2.23. The molecule has 2 heteroatoms. The monoisotopic (exact) mass is 226 g/mol. The number of hydrogen-bond acceptors (Lipinski definition) is 2. The zero-order valence-electron chi connectivity index (χ0n) is 11.4. The largest absolute Gasteiger partial charge is 0.329 e. The summed E-state index contributed by atoms with van der Waals surface area (Å²) in [4.78, 5) is 2.57. The van der Waals surface area contributed by atoms with Gasteiger partial charge in [-0.2, -0.15) is 0 Å². The molecule has 0 aromatic heterocycles. The van der Waals surface area contributed by atoms with Crippen molar-refractivity contribution in [2.24, 2.45) is 11.7 Å². The summed E-state index contributed by atoms with van der Waals surface area (Å²) in [6, 6.07) is 1.37. The van der Waals surface area contributed by atoms with E-state index in [4.69, 9.17) is 5.73 Å². The molecule has 0 aliphatic heterocycles. The molecule has 96 valence electrons. The lowest BCUT2D eigenvalue weighted by molar-refractivity contribution is 0.143. The van der Waals surface area contributed by atoms with E-state index in [2.05, 4.69) is 25.8 Å². The SMILES string of the molecule is CC(C)CC(CN)N(C)C1CCCCCC1. The molecule has 1 saturated carbocycles. The van der Waals surface area contributed by atoms with Crippen molar-refractivity contribution in [2.45, 2.75) is 70.9 Å². The highest BCUT2D eigenvalue weighted by atomic mass is 15.2. The molecule has 0 aromatic rings. The Morgan fingerprint density at radius 1 is 1.12 bits per heavy atom. The Balaban J connectivity index is 2.47. The van der Waals surface area contributed by atoms with Crippen LogP contribution in [0.25, 0.3) is 0 Å². The average Bonchev–Trinajstić information content (AvgIpc) is 2.53. The summed E-state index contributed by atoms with van der Waals surface area (Å²) in [5.41, 5.74) is 5.93. The van der Waals surface area contributed by atoms with Crippen LogP contribution >= 0.6 is 0 Å². The van der Waals surface area contributed by atoms with Gasteiger partial charge in [-0.1, -0.05) is 39.5 Å². The smallest absolute Gasteiger partial charge is 0.0220 e. The van der Waals surface area contributed by atoms with Gasteiger partial charge in [0.1, 0.15) is 0 Å². The Hall–Kier alpha value is -0.0800. The third-order valence-electron chi connectivity index (χ3n) is 3.99. The Morgan fingerprint density at radius 2 is 1.69 bits per heavy atom. The molecule has 2 nitrogen and oxygen atoms in total. The van der Waals surface area contributed by atoms with Crippen molar-refractivity contribution in [3.63, 3.8) is 0 Å². The minimum absolute atomic E-state index is 0.586. The summed E-state index contributed by atoms with van der Waals surface area (Å²) >= 11 is 0. The van der Waals surface area contributed by atoms with Gasteiger partial charge >= 0.3 is 0 Å². The van der Waals surface area contributed by atoms with E-state index in [9.17, 15) is 0 Å². The lowest BCUT2D eigenvalue weighted by Crippen LogP contribution is -2.44. The van der Waals surface area contributed by atoms with Crippen LogP contribution in [-0.2, 0) is 0 Å². The topological polar surface area (TPSA) is 29.3 Å². The van der Waals surface area contributed by atoms with Gasteiger partial charge in [-0.15, -0.1) is 0 Å². The zero-order valence-corrected chi connectivity index (χ0v) is 11.4. The normalized spacial score (nSPS) is 21.4. The molecule has 0 saturated heterocycles. The molecule has 1 atom stereocenters. The Morgan fingerprint density at radius 3 is 2.12 bits per heavy atom. The third kappa shape index (κ3) is 4.42. The maximum Gasteiger partial charge on any atom is 0.0220 e. The van der Waals surface area contributed by atoms with Crippen molar-refractivity contribution >= 4 is 0 Å². The average molecular weight is 226 g/mol. The van der Waals surface area contributed by atoms with Crippen molar-refractivity contribution in [3.8, 4) is 0 Å². The van der Waals surface area contributed by atoms with Crippen LogP contribution in [0.4, 0.5) is 0 Å². The van der Waals surface area contributed by atoms with Gasteiger partial charge in [0.15, 0.2) is 0 Å². The molecule has 1 unspecified atom stereocenters.